The first-order valence-corrected chi connectivity index (χ1v) is 6.81. The Bertz CT molecular complexity index is 776. The predicted molar refractivity (Wildman–Crippen MR) is 85.9 cm³/mol. The number of pyridine rings is 1. The molecule has 114 valence electrons. The average molecular weight is 306 g/mol. The summed E-state index contributed by atoms with van der Waals surface area (Å²) in [6, 6.07) is 13.1. The molecule has 0 unspecified atom stereocenters. The second-order valence-electron chi connectivity index (χ2n) is 4.55. The smallest absolute Gasteiger partial charge is 0.274 e. The minimum absolute atomic E-state index is 0.126. The zero-order chi connectivity index (χ0) is 16.7. The van der Waals surface area contributed by atoms with Crippen molar-refractivity contribution in [1.29, 1.82) is 5.26 Å². The topological polar surface area (TPSA) is 94.9 Å². The van der Waals surface area contributed by atoms with Gasteiger partial charge in [-0.2, -0.15) is 5.26 Å². The number of hydrogen-bond acceptors (Lipinski definition) is 4. The van der Waals surface area contributed by atoms with E-state index >= 15 is 0 Å². The van der Waals surface area contributed by atoms with E-state index < -0.39 is 5.91 Å². The van der Waals surface area contributed by atoms with E-state index in [1.807, 2.05) is 6.07 Å². The van der Waals surface area contributed by atoms with Crippen LogP contribution in [0.5, 0.6) is 0 Å². The van der Waals surface area contributed by atoms with E-state index in [0.29, 0.717) is 17.8 Å². The van der Waals surface area contributed by atoms with Crippen molar-refractivity contribution < 1.29 is 9.59 Å². The Morgan fingerprint density at radius 3 is 2.39 bits per heavy atom. The Balaban J connectivity index is 2.11. The molecule has 1 aromatic carbocycles. The zero-order valence-electron chi connectivity index (χ0n) is 12.2. The fraction of sp³-hybridized carbons (Fsp3) is 0.0588. The van der Waals surface area contributed by atoms with Gasteiger partial charge in [-0.05, 0) is 36.4 Å². The summed E-state index contributed by atoms with van der Waals surface area (Å²) in [4.78, 5) is 28.0. The van der Waals surface area contributed by atoms with Gasteiger partial charge in [0.05, 0.1) is 11.6 Å². The molecule has 0 saturated carbocycles. The molecule has 0 bridgehead atoms. The van der Waals surface area contributed by atoms with Crippen LogP contribution >= 0.6 is 0 Å². The molecule has 0 aliphatic heterocycles. The van der Waals surface area contributed by atoms with Gasteiger partial charge < -0.3 is 10.6 Å². The number of nitrogens with one attached hydrogen (secondary N) is 2. The van der Waals surface area contributed by atoms with Crippen LogP contribution in [-0.4, -0.2) is 23.3 Å². The van der Waals surface area contributed by atoms with Crippen molar-refractivity contribution in [2.24, 2.45) is 0 Å². The second kappa shape index (κ2) is 7.52. The fourth-order valence-corrected chi connectivity index (χ4v) is 1.77. The highest BCUT2D eigenvalue weighted by Gasteiger charge is 2.12. The lowest BCUT2D eigenvalue weighted by atomic mass is 10.2. The monoisotopic (exact) mass is 306 g/mol. The summed E-state index contributed by atoms with van der Waals surface area (Å²) in [5.74, 6) is -0.814. The molecule has 1 heterocycles. The van der Waals surface area contributed by atoms with Crippen LogP contribution < -0.4 is 10.6 Å². The van der Waals surface area contributed by atoms with Crippen molar-refractivity contribution in [3.63, 3.8) is 0 Å². The molecular weight excluding hydrogens is 292 g/mol. The Kier molecular flexibility index (Phi) is 5.21. The zero-order valence-corrected chi connectivity index (χ0v) is 12.2. The van der Waals surface area contributed by atoms with Crippen molar-refractivity contribution in [3.8, 4) is 6.07 Å². The van der Waals surface area contributed by atoms with E-state index in [-0.39, 0.29) is 17.3 Å². The van der Waals surface area contributed by atoms with Crippen molar-refractivity contribution in [2.75, 3.05) is 11.9 Å². The first-order valence-electron chi connectivity index (χ1n) is 6.81. The third-order valence-electron chi connectivity index (χ3n) is 2.89. The van der Waals surface area contributed by atoms with E-state index in [4.69, 9.17) is 5.26 Å². The molecule has 6 heteroatoms. The molecule has 23 heavy (non-hydrogen) atoms. The molecule has 0 spiro atoms. The highest BCUT2D eigenvalue weighted by molar-refractivity contribution is 6.03. The summed E-state index contributed by atoms with van der Waals surface area (Å²) >= 11 is 0. The Morgan fingerprint density at radius 2 is 1.78 bits per heavy atom. The summed E-state index contributed by atoms with van der Waals surface area (Å²) in [6.07, 6.45) is 1.55. The van der Waals surface area contributed by atoms with Gasteiger partial charge in [0.2, 0.25) is 0 Å². The minimum Gasteiger partial charge on any atom is -0.347 e. The number of amides is 2. The second-order valence-corrected chi connectivity index (χ2v) is 4.55. The Morgan fingerprint density at radius 1 is 1.13 bits per heavy atom. The van der Waals surface area contributed by atoms with E-state index in [0.717, 1.165) is 0 Å². The molecule has 1 aromatic heterocycles. The fourth-order valence-electron chi connectivity index (χ4n) is 1.77. The Labute approximate surface area is 133 Å². The van der Waals surface area contributed by atoms with Crippen LogP contribution in [0.2, 0.25) is 0 Å². The molecule has 0 aliphatic rings. The number of nitrogens with zero attached hydrogens (tertiary/aromatic N) is 2. The molecule has 0 saturated heterocycles. The maximum atomic E-state index is 12.2. The Hall–Kier alpha value is -3.46. The SMILES string of the molecule is C=CCNC(=O)c1cccc(C(=O)Nc2ccc(C#N)cc2)n1. The number of nitriles is 1. The summed E-state index contributed by atoms with van der Waals surface area (Å²) < 4.78 is 0. The van der Waals surface area contributed by atoms with Gasteiger partial charge >= 0.3 is 0 Å². The number of benzene rings is 1. The van der Waals surface area contributed by atoms with Gasteiger partial charge in [0.1, 0.15) is 11.4 Å². The first-order chi connectivity index (χ1) is 11.1. The standard InChI is InChI=1S/C17H14N4O2/c1-2-10-19-16(22)14-4-3-5-15(21-14)17(23)20-13-8-6-12(11-18)7-9-13/h2-9H,1,10H2,(H,19,22)(H,20,23). The van der Waals surface area contributed by atoms with Crippen LogP contribution in [0, 0.1) is 11.3 Å². The maximum Gasteiger partial charge on any atom is 0.274 e. The molecular formula is C17H14N4O2. The molecule has 6 nitrogen and oxygen atoms in total. The highest BCUT2D eigenvalue weighted by atomic mass is 16.2. The summed E-state index contributed by atoms with van der Waals surface area (Å²) in [6.45, 7) is 3.83. The molecule has 0 aliphatic carbocycles. The highest BCUT2D eigenvalue weighted by Crippen LogP contribution is 2.10. The van der Waals surface area contributed by atoms with Crippen LogP contribution in [0.25, 0.3) is 0 Å². The number of aromatic nitrogens is 1. The van der Waals surface area contributed by atoms with Gasteiger partial charge in [0.15, 0.2) is 0 Å². The molecule has 0 fully saturated rings. The van der Waals surface area contributed by atoms with Crippen LogP contribution in [0.3, 0.4) is 0 Å². The van der Waals surface area contributed by atoms with Crippen molar-refractivity contribution >= 4 is 17.5 Å². The number of rotatable bonds is 5. The normalized spacial score (nSPS) is 9.52. The quantitative estimate of drug-likeness (QED) is 0.827. The molecule has 0 atom stereocenters. The van der Waals surface area contributed by atoms with E-state index in [1.165, 1.54) is 12.1 Å². The lowest BCUT2D eigenvalue weighted by Crippen LogP contribution is -2.25. The van der Waals surface area contributed by atoms with Crippen LogP contribution in [0.4, 0.5) is 5.69 Å². The van der Waals surface area contributed by atoms with Crippen molar-refractivity contribution in [3.05, 3.63) is 72.1 Å². The third-order valence-corrected chi connectivity index (χ3v) is 2.89. The molecule has 2 rings (SSSR count). The van der Waals surface area contributed by atoms with Crippen LogP contribution in [0.15, 0.2) is 55.1 Å². The summed E-state index contributed by atoms with van der Waals surface area (Å²) in [5, 5.41) is 14.0. The first kappa shape index (κ1) is 15.9. The van der Waals surface area contributed by atoms with Crippen LogP contribution in [-0.2, 0) is 0 Å². The van der Waals surface area contributed by atoms with Gasteiger partial charge in [-0.3, -0.25) is 9.59 Å². The van der Waals surface area contributed by atoms with Gasteiger partial charge in [-0.1, -0.05) is 12.1 Å². The largest absolute Gasteiger partial charge is 0.347 e. The van der Waals surface area contributed by atoms with Gasteiger partial charge in [0.25, 0.3) is 11.8 Å². The summed E-state index contributed by atoms with van der Waals surface area (Å²) in [7, 11) is 0. The van der Waals surface area contributed by atoms with E-state index in [1.54, 1.807) is 36.4 Å². The van der Waals surface area contributed by atoms with Gasteiger partial charge in [0, 0.05) is 12.2 Å². The minimum atomic E-state index is -0.437. The lowest BCUT2D eigenvalue weighted by Gasteiger charge is -2.06. The average Bonchev–Trinajstić information content (AvgIpc) is 2.60. The van der Waals surface area contributed by atoms with Gasteiger partial charge in [-0.25, -0.2) is 4.98 Å². The third kappa shape index (κ3) is 4.25. The number of carbonyl (C=O) groups is 2. The summed E-state index contributed by atoms with van der Waals surface area (Å²) in [5.41, 5.74) is 1.32. The number of carbonyl (C=O) groups excluding carboxylic acids is 2. The molecule has 2 amide bonds. The van der Waals surface area contributed by atoms with Gasteiger partial charge in [-0.15, -0.1) is 6.58 Å². The van der Waals surface area contributed by atoms with Crippen LogP contribution in [0.1, 0.15) is 26.5 Å². The molecule has 2 aromatic rings. The molecule has 2 N–H and O–H groups in total. The van der Waals surface area contributed by atoms with E-state index in [9.17, 15) is 9.59 Å². The lowest BCUT2D eigenvalue weighted by molar-refractivity contribution is 0.0953. The number of anilines is 1. The molecule has 0 radical (unpaired) electrons. The van der Waals surface area contributed by atoms with Crippen molar-refractivity contribution in [2.45, 2.75) is 0 Å². The maximum absolute atomic E-state index is 12.2. The number of hydrogen-bond donors (Lipinski definition) is 2. The van der Waals surface area contributed by atoms with E-state index in [2.05, 4.69) is 22.2 Å². The predicted octanol–water partition coefficient (Wildman–Crippen LogP) is 2.12. The van der Waals surface area contributed by atoms with Crippen molar-refractivity contribution in [1.82, 2.24) is 10.3 Å².